The fraction of sp³-hybridized carbons (Fsp3) is 0.364. The van der Waals surface area contributed by atoms with E-state index in [9.17, 15) is 4.79 Å². The molecule has 4 nitrogen and oxygen atoms in total. The van der Waals surface area contributed by atoms with Crippen LogP contribution < -0.4 is 10.1 Å². The maximum atomic E-state index is 12.6. The summed E-state index contributed by atoms with van der Waals surface area (Å²) >= 11 is 0. The number of hydrogen-bond acceptors (Lipinski definition) is 3. The number of para-hydroxylation sites is 1. The molecule has 0 spiro atoms. The first-order valence-corrected chi connectivity index (χ1v) is 8.84. The summed E-state index contributed by atoms with van der Waals surface area (Å²) in [5.41, 5.74) is 2.75. The SMILES string of the molecule is Cc1ccc(C)c(OCCCC(C)(C)C(=O)Nc2ccccc2C#N)c1. The topological polar surface area (TPSA) is 62.1 Å². The molecule has 0 fully saturated rings. The highest BCUT2D eigenvalue weighted by Gasteiger charge is 2.27. The normalized spacial score (nSPS) is 10.9. The van der Waals surface area contributed by atoms with E-state index in [2.05, 4.69) is 23.5 Å². The van der Waals surface area contributed by atoms with Crippen LogP contribution in [0.15, 0.2) is 42.5 Å². The molecule has 2 aromatic rings. The fourth-order valence-corrected chi connectivity index (χ4v) is 2.65. The van der Waals surface area contributed by atoms with E-state index in [1.54, 1.807) is 18.2 Å². The van der Waals surface area contributed by atoms with E-state index in [0.717, 1.165) is 17.7 Å². The van der Waals surface area contributed by atoms with E-state index in [4.69, 9.17) is 10.00 Å². The average molecular weight is 350 g/mol. The van der Waals surface area contributed by atoms with Crippen LogP contribution in [0.4, 0.5) is 5.69 Å². The summed E-state index contributed by atoms with van der Waals surface area (Å²) in [5.74, 6) is 0.808. The standard InChI is InChI=1S/C22H26N2O2/c1-16-10-11-17(2)20(14-16)26-13-7-12-22(3,4)21(25)24-19-9-6-5-8-18(19)15-23/h5-6,8-11,14H,7,12-13H2,1-4H3,(H,24,25). The molecule has 0 unspecified atom stereocenters. The van der Waals surface area contributed by atoms with Crippen LogP contribution in [0, 0.1) is 30.6 Å². The molecule has 0 aromatic heterocycles. The molecule has 1 amide bonds. The van der Waals surface area contributed by atoms with Gasteiger partial charge < -0.3 is 10.1 Å². The molecule has 0 bridgehead atoms. The van der Waals surface area contributed by atoms with E-state index in [1.165, 1.54) is 5.56 Å². The number of hydrogen-bond donors (Lipinski definition) is 1. The number of anilines is 1. The third-order valence-electron chi connectivity index (χ3n) is 4.46. The molecule has 0 radical (unpaired) electrons. The van der Waals surface area contributed by atoms with Gasteiger partial charge in [0.1, 0.15) is 11.8 Å². The number of ether oxygens (including phenoxy) is 1. The van der Waals surface area contributed by atoms with Gasteiger partial charge in [-0.3, -0.25) is 4.79 Å². The molecule has 2 rings (SSSR count). The lowest BCUT2D eigenvalue weighted by Gasteiger charge is -2.24. The molecule has 26 heavy (non-hydrogen) atoms. The summed E-state index contributed by atoms with van der Waals surface area (Å²) in [4.78, 5) is 12.6. The molecule has 0 atom stereocenters. The maximum Gasteiger partial charge on any atom is 0.230 e. The van der Waals surface area contributed by atoms with Crippen molar-refractivity contribution >= 4 is 11.6 Å². The van der Waals surface area contributed by atoms with Crippen molar-refractivity contribution in [2.45, 2.75) is 40.5 Å². The zero-order valence-corrected chi connectivity index (χ0v) is 15.9. The van der Waals surface area contributed by atoms with Crippen molar-refractivity contribution in [1.82, 2.24) is 0 Å². The van der Waals surface area contributed by atoms with Crippen molar-refractivity contribution in [3.8, 4) is 11.8 Å². The van der Waals surface area contributed by atoms with Crippen molar-refractivity contribution in [3.05, 3.63) is 59.2 Å². The Bertz CT molecular complexity index is 819. The number of amides is 1. The first kappa shape index (κ1) is 19.5. The molecule has 0 heterocycles. The molecule has 0 saturated heterocycles. The summed E-state index contributed by atoms with van der Waals surface area (Å²) < 4.78 is 5.87. The molecule has 1 N–H and O–H groups in total. The molecule has 0 aliphatic carbocycles. The van der Waals surface area contributed by atoms with E-state index in [1.807, 2.05) is 39.8 Å². The van der Waals surface area contributed by atoms with Crippen LogP contribution in [0.5, 0.6) is 5.75 Å². The largest absolute Gasteiger partial charge is 0.493 e. The number of carbonyl (C=O) groups excluding carboxylic acids is 1. The first-order valence-electron chi connectivity index (χ1n) is 8.84. The van der Waals surface area contributed by atoms with E-state index in [0.29, 0.717) is 24.3 Å². The molecule has 136 valence electrons. The lowest BCUT2D eigenvalue weighted by molar-refractivity contribution is -0.124. The first-order chi connectivity index (χ1) is 12.3. The van der Waals surface area contributed by atoms with Gasteiger partial charge in [0.25, 0.3) is 0 Å². The predicted molar refractivity (Wildman–Crippen MR) is 104 cm³/mol. The van der Waals surface area contributed by atoms with E-state index in [-0.39, 0.29) is 5.91 Å². The number of nitrogens with one attached hydrogen (secondary N) is 1. The average Bonchev–Trinajstić information content (AvgIpc) is 2.62. The van der Waals surface area contributed by atoms with Crippen LogP contribution in [-0.4, -0.2) is 12.5 Å². The molecule has 0 saturated carbocycles. The quantitative estimate of drug-likeness (QED) is 0.715. The molecular weight excluding hydrogens is 324 g/mol. The summed E-state index contributed by atoms with van der Waals surface area (Å²) in [5, 5.41) is 12.0. The second kappa shape index (κ2) is 8.53. The molecule has 4 heteroatoms. The Kier molecular flexibility index (Phi) is 6.41. The van der Waals surface area contributed by atoms with Crippen LogP contribution in [0.1, 0.15) is 43.4 Å². The van der Waals surface area contributed by atoms with Gasteiger partial charge in [-0.15, -0.1) is 0 Å². The van der Waals surface area contributed by atoms with Gasteiger partial charge in [0.15, 0.2) is 0 Å². The van der Waals surface area contributed by atoms with Crippen molar-refractivity contribution in [2.24, 2.45) is 5.41 Å². The number of carbonyl (C=O) groups is 1. The van der Waals surface area contributed by atoms with Gasteiger partial charge >= 0.3 is 0 Å². The van der Waals surface area contributed by atoms with Gasteiger partial charge in [0.05, 0.1) is 17.9 Å². The third kappa shape index (κ3) is 5.10. The zero-order chi connectivity index (χ0) is 19.2. The Labute approximate surface area is 155 Å². The number of aryl methyl sites for hydroxylation is 2. The van der Waals surface area contributed by atoms with Crippen LogP contribution in [0.25, 0.3) is 0 Å². The summed E-state index contributed by atoms with van der Waals surface area (Å²) in [6.45, 7) is 8.46. The van der Waals surface area contributed by atoms with Crippen molar-refractivity contribution in [2.75, 3.05) is 11.9 Å². The highest BCUT2D eigenvalue weighted by molar-refractivity contribution is 5.95. The highest BCUT2D eigenvalue weighted by Crippen LogP contribution is 2.26. The maximum absolute atomic E-state index is 12.6. The Hall–Kier alpha value is -2.80. The van der Waals surface area contributed by atoms with Gasteiger partial charge in [-0.2, -0.15) is 5.26 Å². The minimum Gasteiger partial charge on any atom is -0.493 e. The van der Waals surface area contributed by atoms with Crippen LogP contribution in [0.3, 0.4) is 0 Å². The minimum absolute atomic E-state index is 0.0908. The lowest BCUT2D eigenvalue weighted by Crippen LogP contribution is -2.31. The Morgan fingerprint density at radius 3 is 2.65 bits per heavy atom. The number of nitriles is 1. The van der Waals surface area contributed by atoms with Gasteiger partial charge in [-0.25, -0.2) is 0 Å². The Morgan fingerprint density at radius 1 is 1.19 bits per heavy atom. The Balaban J connectivity index is 1.88. The van der Waals surface area contributed by atoms with Crippen molar-refractivity contribution in [3.63, 3.8) is 0 Å². The highest BCUT2D eigenvalue weighted by atomic mass is 16.5. The third-order valence-corrected chi connectivity index (χ3v) is 4.46. The van der Waals surface area contributed by atoms with Gasteiger partial charge in [0, 0.05) is 5.41 Å². The van der Waals surface area contributed by atoms with Gasteiger partial charge in [0.2, 0.25) is 5.91 Å². The fourth-order valence-electron chi connectivity index (χ4n) is 2.65. The lowest BCUT2D eigenvalue weighted by atomic mass is 9.86. The Morgan fingerprint density at radius 2 is 1.92 bits per heavy atom. The van der Waals surface area contributed by atoms with Crippen molar-refractivity contribution < 1.29 is 9.53 Å². The van der Waals surface area contributed by atoms with E-state index < -0.39 is 5.41 Å². The smallest absolute Gasteiger partial charge is 0.230 e. The second-order valence-corrected chi connectivity index (χ2v) is 7.22. The molecule has 0 aliphatic heterocycles. The van der Waals surface area contributed by atoms with Crippen LogP contribution in [-0.2, 0) is 4.79 Å². The number of nitrogens with zero attached hydrogens (tertiary/aromatic N) is 1. The van der Waals surface area contributed by atoms with Gasteiger partial charge in [-0.1, -0.05) is 38.1 Å². The summed E-state index contributed by atoms with van der Waals surface area (Å²) in [6, 6.07) is 15.3. The second-order valence-electron chi connectivity index (χ2n) is 7.22. The zero-order valence-electron chi connectivity index (χ0n) is 15.9. The molecule has 0 aliphatic rings. The number of benzene rings is 2. The predicted octanol–water partition coefficient (Wildman–Crippen LogP) is 5.00. The molecule has 2 aromatic carbocycles. The molecular formula is C22H26N2O2. The van der Waals surface area contributed by atoms with E-state index >= 15 is 0 Å². The van der Waals surface area contributed by atoms with Gasteiger partial charge in [-0.05, 0) is 56.0 Å². The van der Waals surface area contributed by atoms with Crippen LogP contribution in [0.2, 0.25) is 0 Å². The summed E-state index contributed by atoms with van der Waals surface area (Å²) in [6.07, 6.45) is 1.46. The number of rotatable bonds is 7. The minimum atomic E-state index is -0.548. The monoisotopic (exact) mass is 350 g/mol. The van der Waals surface area contributed by atoms with Crippen molar-refractivity contribution in [1.29, 1.82) is 5.26 Å². The van der Waals surface area contributed by atoms with Crippen LogP contribution >= 0.6 is 0 Å². The summed E-state index contributed by atoms with van der Waals surface area (Å²) in [7, 11) is 0.